The highest BCUT2D eigenvalue weighted by Gasteiger charge is 2.19. The van der Waals surface area contributed by atoms with E-state index in [-0.39, 0.29) is 6.42 Å². The molecule has 0 radical (unpaired) electrons. The van der Waals surface area contributed by atoms with Crippen LogP contribution in [0.2, 0.25) is 0 Å². The zero-order valence-electron chi connectivity index (χ0n) is 8.49. The molecular formula is C9H16O4. The van der Waals surface area contributed by atoms with Gasteiger partial charge in [-0.2, -0.15) is 0 Å². The molecule has 0 saturated carbocycles. The quantitative estimate of drug-likeness (QED) is 0.486. The van der Waals surface area contributed by atoms with Gasteiger partial charge < -0.3 is 14.3 Å². The van der Waals surface area contributed by atoms with Gasteiger partial charge in [0.2, 0.25) is 0 Å². The van der Waals surface area contributed by atoms with E-state index in [1.165, 1.54) is 7.11 Å². The Labute approximate surface area is 78.2 Å². The molecule has 0 heterocycles. The molecule has 13 heavy (non-hydrogen) atoms. The van der Waals surface area contributed by atoms with Crippen molar-refractivity contribution in [3.8, 4) is 0 Å². The second-order valence-corrected chi connectivity index (χ2v) is 3.70. The predicted octanol–water partition coefficient (Wildman–Crippen LogP) is 0.932. The molecule has 0 unspecified atom stereocenters. The molecule has 4 nitrogen and oxygen atoms in total. The first-order valence-electron chi connectivity index (χ1n) is 4.09. The van der Waals surface area contributed by atoms with Crippen molar-refractivity contribution < 1.29 is 19.1 Å². The van der Waals surface area contributed by atoms with E-state index in [0.29, 0.717) is 6.29 Å². The lowest BCUT2D eigenvalue weighted by molar-refractivity contribution is -0.158. The molecule has 4 heteroatoms. The van der Waals surface area contributed by atoms with Crippen molar-refractivity contribution in [1.82, 2.24) is 0 Å². The van der Waals surface area contributed by atoms with Gasteiger partial charge in [-0.05, 0) is 20.8 Å². The highest BCUT2D eigenvalue weighted by molar-refractivity contribution is 5.75. The Balaban J connectivity index is 3.93. The average molecular weight is 188 g/mol. The summed E-state index contributed by atoms with van der Waals surface area (Å²) in [7, 11) is 1.38. The number of methoxy groups -OCH3 is 1. The Hall–Kier alpha value is -0.900. The van der Waals surface area contributed by atoms with Gasteiger partial charge in [0.25, 0.3) is 0 Å². The molecule has 0 bridgehead atoms. The van der Waals surface area contributed by atoms with Crippen LogP contribution in [0.5, 0.6) is 0 Å². The Morgan fingerprint density at radius 1 is 1.46 bits per heavy atom. The van der Waals surface area contributed by atoms with Crippen LogP contribution in [0.3, 0.4) is 0 Å². The standard InChI is InChI=1S/C9H16O4/c1-9(2,3)13-8(11)5-7(6-10)12-4/h6-7H,5H2,1-4H3/t7-/m1/s1. The molecule has 0 aliphatic rings. The number of rotatable bonds is 4. The van der Waals surface area contributed by atoms with Crippen LogP contribution in [-0.2, 0) is 19.1 Å². The zero-order chi connectivity index (χ0) is 10.5. The molecule has 0 saturated heterocycles. The SMILES string of the molecule is CO[C@@H](C=O)CC(=O)OC(C)(C)C. The molecule has 0 amide bonds. The third-order valence-corrected chi connectivity index (χ3v) is 1.24. The number of hydrogen-bond donors (Lipinski definition) is 0. The van der Waals surface area contributed by atoms with Crippen molar-refractivity contribution in [3.05, 3.63) is 0 Å². The van der Waals surface area contributed by atoms with Gasteiger partial charge in [-0.1, -0.05) is 0 Å². The summed E-state index contributed by atoms with van der Waals surface area (Å²) < 4.78 is 9.71. The summed E-state index contributed by atoms with van der Waals surface area (Å²) in [5.41, 5.74) is -0.516. The number of carbonyl (C=O) groups excluding carboxylic acids is 2. The van der Waals surface area contributed by atoms with Crippen molar-refractivity contribution in [2.45, 2.75) is 38.9 Å². The van der Waals surface area contributed by atoms with Crippen molar-refractivity contribution in [3.63, 3.8) is 0 Å². The van der Waals surface area contributed by atoms with Crippen LogP contribution in [0.15, 0.2) is 0 Å². The first kappa shape index (κ1) is 12.1. The van der Waals surface area contributed by atoms with E-state index >= 15 is 0 Å². The number of hydrogen-bond acceptors (Lipinski definition) is 4. The predicted molar refractivity (Wildman–Crippen MR) is 47.3 cm³/mol. The molecule has 0 rings (SSSR count). The van der Waals surface area contributed by atoms with Crippen molar-refractivity contribution in [2.24, 2.45) is 0 Å². The van der Waals surface area contributed by atoms with E-state index in [9.17, 15) is 9.59 Å². The highest BCUT2D eigenvalue weighted by atomic mass is 16.6. The Bertz CT molecular complexity index is 181. The monoisotopic (exact) mass is 188 g/mol. The fraction of sp³-hybridized carbons (Fsp3) is 0.778. The minimum atomic E-state index is -0.699. The summed E-state index contributed by atoms with van der Waals surface area (Å²) in [6.45, 7) is 5.31. The molecule has 76 valence electrons. The fourth-order valence-corrected chi connectivity index (χ4v) is 0.734. The third kappa shape index (κ3) is 6.28. The summed E-state index contributed by atoms with van der Waals surface area (Å²) >= 11 is 0. The van der Waals surface area contributed by atoms with Crippen LogP contribution in [-0.4, -0.2) is 31.1 Å². The number of aldehydes is 1. The fourth-order valence-electron chi connectivity index (χ4n) is 0.734. The van der Waals surface area contributed by atoms with Gasteiger partial charge in [0, 0.05) is 7.11 Å². The van der Waals surface area contributed by atoms with E-state index in [2.05, 4.69) is 0 Å². The topological polar surface area (TPSA) is 52.6 Å². The van der Waals surface area contributed by atoms with E-state index in [1.54, 1.807) is 20.8 Å². The van der Waals surface area contributed by atoms with E-state index in [1.807, 2.05) is 0 Å². The molecule has 0 aliphatic heterocycles. The summed E-state index contributed by atoms with van der Waals surface area (Å²) in [6, 6.07) is 0. The lowest BCUT2D eigenvalue weighted by atomic mass is 10.2. The van der Waals surface area contributed by atoms with Crippen molar-refractivity contribution in [1.29, 1.82) is 0 Å². The first-order chi connectivity index (χ1) is 5.89. The summed E-state index contributed by atoms with van der Waals surface area (Å²) in [6.07, 6.45) is -0.142. The molecule has 0 N–H and O–H groups in total. The average Bonchev–Trinajstić information content (AvgIpc) is 1.96. The van der Waals surface area contributed by atoms with Crippen LogP contribution in [0, 0.1) is 0 Å². The van der Waals surface area contributed by atoms with Gasteiger partial charge in [0.15, 0.2) is 0 Å². The number of ether oxygens (including phenoxy) is 2. The smallest absolute Gasteiger partial charge is 0.309 e. The second-order valence-electron chi connectivity index (χ2n) is 3.70. The summed E-state index contributed by atoms with van der Waals surface area (Å²) in [4.78, 5) is 21.4. The lowest BCUT2D eigenvalue weighted by Gasteiger charge is -2.20. The van der Waals surface area contributed by atoms with Gasteiger partial charge in [0.05, 0.1) is 6.42 Å². The Morgan fingerprint density at radius 3 is 2.31 bits per heavy atom. The number of esters is 1. The first-order valence-corrected chi connectivity index (χ1v) is 4.09. The van der Waals surface area contributed by atoms with Gasteiger partial charge in [0.1, 0.15) is 18.0 Å². The second kappa shape index (κ2) is 4.97. The normalized spacial score (nSPS) is 13.5. The molecule has 0 aromatic rings. The van der Waals surface area contributed by atoms with E-state index < -0.39 is 17.7 Å². The van der Waals surface area contributed by atoms with Crippen LogP contribution in [0.4, 0.5) is 0 Å². The van der Waals surface area contributed by atoms with E-state index in [0.717, 1.165) is 0 Å². The van der Waals surface area contributed by atoms with Gasteiger partial charge in [-0.25, -0.2) is 0 Å². The van der Waals surface area contributed by atoms with Crippen molar-refractivity contribution in [2.75, 3.05) is 7.11 Å². The third-order valence-electron chi connectivity index (χ3n) is 1.24. The minimum absolute atomic E-state index is 0.0305. The minimum Gasteiger partial charge on any atom is -0.460 e. The molecule has 0 aromatic carbocycles. The number of carbonyl (C=O) groups is 2. The van der Waals surface area contributed by atoms with Gasteiger partial charge in [-0.15, -0.1) is 0 Å². The Morgan fingerprint density at radius 2 is 2.00 bits per heavy atom. The van der Waals surface area contributed by atoms with E-state index in [4.69, 9.17) is 9.47 Å². The largest absolute Gasteiger partial charge is 0.460 e. The van der Waals surface area contributed by atoms with Gasteiger partial charge >= 0.3 is 5.97 Å². The maximum Gasteiger partial charge on any atom is 0.309 e. The molecule has 0 aliphatic carbocycles. The zero-order valence-corrected chi connectivity index (χ0v) is 8.49. The highest BCUT2D eigenvalue weighted by Crippen LogP contribution is 2.09. The molecule has 0 spiro atoms. The maximum absolute atomic E-state index is 11.1. The van der Waals surface area contributed by atoms with Crippen LogP contribution in [0.25, 0.3) is 0 Å². The molecule has 0 aromatic heterocycles. The molecular weight excluding hydrogens is 172 g/mol. The Kier molecular flexibility index (Phi) is 4.62. The lowest BCUT2D eigenvalue weighted by Crippen LogP contribution is -2.27. The summed E-state index contributed by atoms with van der Waals surface area (Å²) in [5, 5.41) is 0. The van der Waals surface area contributed by atoms with Crippen LogP contribution in [0.1, 0.15) is 27.2 Å². The van der Waals surface area contributed by atoms with Crippen LogP contribution >= 0.6 is 0 Å². The molecule has 0 fully saturated rings. The summed E-state index contributed by atoms with van der Waals surface area (Å²) in [5.74, 6) is -0.425. The van der Waals surface area contributed by atoms with Gasteiger partial charge in [-0.3, -0.25) is 4.79 Å². The van der Waals surface area contributed by atoms with Crippen LogP contribution < -0.4 is 0 Å². The molecule has 1 atom stereocenters. The van der Waals surface area contributed by atoms with Crippen molar-refractivity contribution >= 4 is 12.3 Å². The maximum atomic E-state index is 11.1.